The molecular weight excluding hydrogens is 395 g/mol. The molecule has 0 aliphatic carbocycles. The van der Waals surface area contributed by atoms with E-state index in [-0.39, 0.29) is 23.2 Å². The molecule has 8 heteroatoms. The van der Waals surface area contributed by atoms with E-state index in [2.05, 4.69) is 21.2 Å². The van der Waals surface area contributed by atoms with Crippen LogP contribution >= 0.6 is 15.9 Å². The van der Waals surface area contributed by atoms with Gasteiger partial charge in [0, 0.05) is 21.2 Å². The number of imide groups is 1. The molecule has 0 saturated carbocycles. The minimum absolute atomic E-state index is 0.194. The summed E-state index contributed by atoms with van der Waals surface area (Å²) < 4.78 is 20.0. The summed E-state index contributed by atoms with van der Waals surface area (Å²) in [4.78, 5) is 38.1. The molecule has 2 aliphatic rings. The van der Waals surface area contributed by atoms with Gasteiger partial charge in [-0.15, -0.1) is 0 Å². The van der Waals surface area contributed by atoms with Crippen LogP contribution in [-0.4, -0.2) is 22.8 Å². The van der Waals surface area contributed by atoms with Gasteiger partial charge in [0.15, 0.2) is 0 Å². The lowest BCUT2D eigenvalue weighted by molar-refractivity contribution is -0.146. The smallest absolute Gasteiger partial charge is 0.408 e. The van der Waals surface area contributed by atoms with Crippen molar-refractivity contribution in [2.45, 2.75) is 12.3 Å². The normalized spacial score (nSPS) is 21.5. The van der Waals surface area contributed by atoms with Gasteiger partial charge in [0.05, 0.1) is 6.54 Å². The van der Waals surface area contributed by atoms with E-state index in [4.69, 9.17) is 4.74 Å². The summed E-state index contributed by atoms with van der Waals surface area (Å²) >= 11 is 3.17. The quantitative estimate of drug-likeness (QED) is 0.834. The maximum absolute atomic E-state index is 14.2. The number of benzene rings is 2. The van der Waals surface area contributed by atoms with Crippen LogP contribution in [0.15, 0.2) is 46.9 Å². The van der Waals surface area contributed by atoms with E-state index < -0.39 is 29.4 Å². The first-order chi connectivity index (χ1) is 11.9. The summed E-state index contributed by atoms with van der Waals surface area (Å²) in [5, 5.41) is 2.06. The molecule has 0 aromatic heterocycles. The monoisotopic (exact) mass is 404 g/mol. The fourth-order valence-electron chi connectivity index (χ4n) is 3.14. The Morgan fingerprint density at radius 3 is 2.60 bits per heavy atom. The van der Waals surface area contributed by atoms with Crippen molar-refractivity contribution in [2.24, 2.45) is 0 Å². The minimum Gasteiger partial charge on any atom is -0.408 e. The van der Waals surface area contributed by atoms with Crippen molar-refractivity contribution in [3.8, 4) is 0 Å². The lowest BCUT2D eigenvalue weighted by Crippen LogP contribution is -2.49. The van der Waals surface area contributed by atoms with Crippen molar-refractivity contribution in [3.05, 3.63) is 69.4 Å². The Balaban J connectivity index is 1.85. The molecule has 0 bridgehead atoms. The van der Waals surface area contributed by atoms with Gasteiger partial charge in [0.25, 0.3) is 11.6 Å². The third-order valence-corrected chi connectivity index (χ3v) is 4.75. The number of halogens is 2. The fraction of sp³-hybridized carbons (Fsp3) is 0.118. The number of amides is 3. The number of fused-ring (bicyclic) bond motifs is 2. The van der Waals surface area contributed by atoms with Crippen LogP contribution in [0, 0.1) is 5.82 Å². The molecule has 126 valence electrons. The molecule has 1 spiro atoms. The molecule has 2 aliphatic heterocycles. The average Bonchev–Trinajstić information content (AvgIpc) is 3.00. The number of hydrogen-bond acceptors (Lipinski definition) is 4. The van der Waals surface area contributed by atoms with Crippen molar-refractivity contribution in [2.75, 3.05) is 0 Å². The van der Waals surface area contributed by atoms with E-state index in [1.165, 1.54) is 18.2 Å². The standard InChI is InChI=1S/C17H10BrFN2O4/c18-10-6-5-9(13(19)7-10)8-21-14(22)11-3-1-2-4-12(11)17(21)15(23)20-16(24)25-17/h1-7H,8H2,(H,20,23,24). The molecule has 2 heterocycles. The predicted octanol–water partition coefficient (Wildman–Crippen LogP) is 2.66. The second-order valence-electron chi connectivity index (χ2n) is 5.66. The summed E-state index contributed by atoms with van der Waals surface area (Å²) in [6.07, 6.45) is -0.948. The largest absolute Gasteiger partial charge is 0.416 e. The Morgan fingerprint density at radius 2 is 1.92 bits per heavy atom. The molecule has 2 aromatic rings. The number of hydrogen-bond donors (Lipinski definition) is 1. The van der Waals surface area contributed by atoms with Crippen LogP contribution in [0.5, 0.6) is 0 Å². The van der Waals surface area contributed by atoms with Gasteiger partial charge in [-0.3, -0.25) is 19.8 Å². The number of nitrogens with one attached hydrogen (secondary N) is 1. The first kappa shape index (κ1) is 15.8. The highest BCUT2D eigenvalue weighted by Gasteiger charge is 2.62. The fourth-order valence-corrected chi connectivity index (χ4v) is 3.47. The van der Waals surface area contributed by atoms with E-state index >= 15 is 0 Å². The van der Waals surface area contributed by atoms with Gasteiger partial charge in [-0.25, -0.2) is 9.18 Å². The molecule has 1 saturated heterocycles. The van der Waals surface area contributed by atoms with Gasteiger partial charge >= 0.3 is 12.0 Å². The molecule has 4 rings (SSSR count). The zero-order valence-electron chi connectivity index (χ0n) is 12.6. The molecule has 1 unspecified atom stereocenters. The molecule has 1 N–H and O–H groups in total. The van der Waals surface area contributed by atoms with Gasteiger partial charge in [-0.1, -0.05) is 40.2 Å². The molecule has 2 aromatic carbocycles. The van der Waals surface area contributed by atoms with Crippen molar-refractivity contribution in [1.29, 1.82) is 0 Å². The van der Waals surface area contributed by atoms with E-state index in [9.17, 15) is 18.8 Å². The summed E-state index contributed by atoms with van der Waals surface area (Å²) in [5.41, 5.74) is -1.21. The second kappa shape index (κ2) is 5.38. The Bertz CT molecular complexity index is 948. The highest BCUT2D eigenvalue weighted by molar-refractivity contribution is 9.10. The lowest BCUT2D eigenvalue weighted by Gasteiger charge is -2.31. The van der Waals surface area contributed by atoms with E-state index in [0.717, 1.165) is 4.90 Å². The third-order valence-electron chi connectivity index (χ3n) is 4.26. The second-order valence-corrected chi connectivity index (χ2v) is 6.58. The Hall–Kier alpha value is -2.74. The maximum atomic E-state index is 14.2. The van der Waals surface area contributed by atoms with E-state index in [0.29, 0.717) is 4.47 Å². The van der Waals surface area contributed by atoms with Gasteiger partial charge in [-0.05, 0) is 18.2 Å². The highest BCUT2D eigenvalue weighted by Crippen LogP contribution is 2.43. The summed E-state index contributed by atoms with van der Waals surface area (Å²) in [7, 11) is 0. The average molecular weight is 405 g/mol. The van der Waals surface area contributed by atoms with Crippen LogP contribution in [0.1, 0.15) is 21.5 Å². The minimum atomic E-state index is -1.91. The van der Waals surface area contributed by atoms with Gasteiger partial charge in [0.2, 0.25) is 0 Å². The lowest BCUT2D eigenvalue weighted by atomic mass is 10.0. The van der Waals surface area contributed by atoms with Crippen LogP contribution in [-0.2, 0) is 21.8 Å². The number of carbonyl (C=O) groups is 3. The van der Waals surface area contributed by atoms with Crippen LogP contribution in [0.2, 0.25) is 0 Å². The van der Waals surface area contributed by atoms with Gasteiger partial charge in [0.1, 0.15) is 5.82 Å². The van der Waals surface area contributed by atoms with Crippen molar-refractivity contribution in [3.63, 3.8) is 0 Å². The Morgan fingerprint density at radius 1 is 1.16 bits per heavy atom. The number of rotatable bonds is 2. The molecule has 3 amide bonds. The van der Waals surface area contributed by atoms with Crippen LogP contribution in [0.3, 0.4) is 0 Å². The predicted molar refractivity (Wildman–Crippen MR) is 86.7 cm³/mol. The summed E-state index contributed by atoms with van der Waals surface area (Å²) in [5.74, 6) is -1.82. The van der Waals surface area contributed by atoms with Crippen LogP contribution in [0.4, 0.5) is 9.18 Å². The van der Waals surface area contributed by atoms with E-state index in [1.807, 2.05) is 0 Å². The number of carbonyl (C=O) groups excluding carboxylic acids is 3. The number of ether oxygens (including phenoxy) is 1. The molecule has 1 fully saturated rings. The zero-order chi connectivity index (χ0) is 17.8. The third kappa shape index (κ3) is 2.17. The topological polar surface area (TPSA) is 75.7 Å². The Labute approximate surface area is 149 Å². The first-order valence-corrected chi connectivity index (χ1v) is 8.12. The molecule has 1 atom stereocenters. The number of nitrogens with zero attached hydrogens (tertiary/aromatic N) is 1. The molecule has 6 nitrogen and oxygen atoms in total. The Kier molecular flexibility index (Phi) is 3.40. The molecule has 0 radical (unpaired) electrons. The molecule has 25 heavy (non-hydrogen) atoms. The highest BCUT2D eigenvalue weighted by atomic mass is 79.9. The molecular formula is C17H10BrFN2O4. The van der Waals surface area contributed by atoms with Crippen molar-refractivity contribution in [1.82, 2.24) is 10.2 Å². The first-order valence-electron chi connectivity index (χ1n) is 7.33. The summed E-state index contributed by atoms with van der Waals surface area (Å²) in [6, 6.07) is 10.7. The SMILES string of the molecule is O=C1NC(=O)C2(O1)c1ccccc1C(=O)N2Cc1ccc(Br)cc1F. The van der Waals surface area contributed by atoms with Crippen LogP contribution < -0.4 is 5.32 Å². The van der Waals surface area contributed by atoms with Crippen molar-refractivity contribution < 1.29 is 23.5 Å². The summed E-state index contributed by atoms with van der Waals surface area (Å²) in [6.45, 7) is -0.229. The zero-order valence-corrected chi connectivity index (χ0v) is 14.2. The van der Waals surface area contributed by atoms with Gasteiger partial charge in [-0.2, -0.15) is 0 Å². The van der Waals surface area contributed by atoms with Gasteiger partial charge < -0.3 is 4.74 Å². The van der Waals surface area contributed by atoms with E-state index in [1.54, 1.807) is 24.3 Å². The van der Waals surface area contributed by atoms with Crippen molar-refractivity contribution >= 4 is 33.8 Å². The number of alkyl carbamates (subject to hydrolysis) is 1. The van der Waals surface area contributed by atoms with Crippen LogP contribution in [0.25, 0.3) is 0 Å². The maximum Gasteiger partial charge on any atom is 0.416 e.